The summed E-state index contributed by atoms with van der Waals surface area (Å²) in [4.78, 5) is 19.9. The minimum atomic E-state index is -1.49. The average molecular weight is 465 g/mol. The fraction of sp³-hybridized carbons (Fsp3) is 0.320. The molecule has 1 aromatic carbocycles. The number of piperidine rings is 1. The number of hydrogen-bond acceptors (Lipinski definition) is 3. The van der Waals surface area contributed by atoms with Gasteiger partial charge in [0.1, 0.15) is 0 Å². The number of fused-ring (bicyclic) bond motifs is 5. The lowest BCUT2D eigenvalue weighted by Crippen LogP contribution is -2.50. The molecule has 2 aliphatic heterocycles. The highest BCUT2D eigenvalue weighted by Gasteiger charge is 2.44. The Hall–Kier alpha value is -3.62. The van der Waals surface area contributed by atoms with E-state index in [2.05, 4.69) is 10.1 Å². The van der Waals surface area contributed by atoms with Gasteiger partial charge in [-0.3, -0.25) is 9.48 Å². The Kier molecular flexibility index (Phi) is 4.59. The van der Waals surface area contributed by atoms with Gasteiger partial charge in [0.05, 0.1) is 41.0 Å². The molecule has 2 bridgehead atoms. The zero-order valence-electron chi connectivity index (χ0n) is 18.7. The van der Waals surface area contributed by atoms with Crippen molar-refractivity contribution in [3.8, 4) is 11.3 Å². The molecule has 4 aromatic rings. The maximum absolute atomic E-state index is 14.0. The molecule has 5 heterocycles. The van der Waals surface area contributed by atoms with Gasteiger partial charge in [0.15, 0.2) is 17.5 Å². The Morgan fingerprint density at radius 3 is 2.65 bits per heavy atom. The Balaban J connectivity index is 1.45. The standard InChI is InChI=1S/C25H22F3N5O/c1-13-17(7-6-16-11-29-12-32(13)16)25(34)33-15-4-3-5-21(33)23-18(10-15)24(31(2)30-23)14-8-19(26)22(28)20(27)9-14/h6-9,11-12,15,21H,3-5,10H2,1-2H3/t15-,21+/m0/s1. The molecule has 1 amide bonds. The number of carbonyl (C=O) groups is 1. The number of nitrogens with zero attached hydrogens (tertiary/aromatic N) is 5. The first-order chi connectivity index (χ1) is 16.3. The molecule has 1 saturated heterocycles. The van der Waals surface area contributed by atoms with Crippen molar-refractivity contribution in [1.29, 1.82) is 0 Å². The average Bonchev–Trinajstić information content (AvgIpc) is 3.41. The van der Waals surface area contributed by atoms with Crippen LogP contribution in [0, 0.1) is 24.4 Å². The van der Waals surface area contributed by atoms with Gasteiger partial charge in [-0.1, -0.05) is 0 Å². The number of halogens is 3. The molecule has 0 spiro atoms. The van der Waals surface area contributed by atoms with E-state index in [1.165, 1.54) is 0 Å². The normalized spacial score (nSPS) is 19.5. The first-order valence-electron chi connectivity index (χ1n) is 11.3. The number of benzene rings is 1. The Bertz CT molecular complexity index is 1450. The number of carbonyl (C=O) groups excluding carboxylic acids is 1. The van der Waals surface area contributed by atoms with Crippen LogP contribution in [0.25, 0.3) is 16.8 Å². The van der Waals surface area contributed by atoms with Gasteiger partial charge in [-0.2, -0.15) is 5.10 Å². The van der Waals surface area contributed by atoms with Crippen LogP contribution in [-0.4, -0.2) is 36.0 Å². The third-order valence-corrected chi connectivity index (χ3v) is 7.24. The van der Waals surface area contributed by atoms with E-state index in [4.69, 9.17) is 0 Å². The van der Waals surface area contributed by atoms with E-state index >= 15 is 0 Å². The van der Waals surface area contributed by atoms with Crippen molar-refractivity contribution in [3.05, 3.63) is 76.8 Å². The highest BCUT2D eigenvalue weighted by molar-refractivity contribution is 5.96. The number of aryl methyl sites for hydroxylation is 2. The molecule has 0 N–H and O–H groups in total. The van der Waals surface area contributed by atoms with Crippen molar-refractivity contribution >= 4 is 11.4 Å². The van der Waals surface area contributed by atoms with E-state index in [1.807, 2.05) is 28.4 Å². The van der Waals surface area contributed by atoms with Crippen LogP contribution in [0.3, 0.4) is 0 Å². The van der Waals surface area contributed by atoms with Gasteiger partial charge in [-0.05, 0) is 56.9 Å². The molecule has 1 fully saturated rings. The minimum Gasteiger partial charge on any atom is -0.327 e. The summed E-state index contributed by atoms with van der Waals surface area (Å²) in [5, 5.41) is 4.69. The number of amides is 1. The summed E-state index contributed by atoms with van der Waals surface area (Å²) in [5.74, 6) is -4.01. The SMILES string of the molecule is Cc1c(C(=O)N2[C@H]3CCC[C@@H]2c2nn(C)c(-c4cc(F)c(F)c(F)c4)c2C3)ccc2cncn12. The van der Waals surface area contributed by atoms with Crippen LogP contribution in [0.4, 0.5) is 13.2 Å². The van der Waals surface area contributed by atoms with Gasteiger partial charge >= 0.3 is 0 Å². The number of hydrogen-bond donors (Lipinski definition) is 0. The summed E-state index contributed by atoms with van der Waals surface area (Å²) < 4.78 is 45.1. The highest BCUT2D eigenvalue weighted by atomic mass is 19.2. The summed E-state index contributed by atoms with van der Waals surface area (Å²) in [6.45, 7) is 1.91. The van der Waals surface area contributed by atoms with E-state index < -0.39 is 17.5 Å². The van der Waals surface area contributed by atoms with E-state index in [0.717, 1.165) is 53.9 Å². The monoisotopic (exact) mass is 465 g/mol. The molecule has 174 valence electrons. The van der Waals surface area contributed by atoms with Crippen LogP contribution in [0.5, 0.6) is 0 Å². The van der Waals surface area contributed by atoms with Crippen molar-refractivity contribution < 1.29 is 18.0 Å². The van der Waals surface area contributed by atoms with Crippen LogP contribution >= 0.6 is 0 Å². The summed E-state index contributed by atoms with van der Waals surface area (Å²) in [7, 11) is 1.71. The fourth-order valence-electron chi connectivity index (χ4n) is 5.70. The first-order valence-corrected chi connectivity index (χ1v) is 11.3. The molecule has 2 atom stereocenters. The lowest BCUT2D eigenvalue weighted by atomic mass is 9.81. The summed E-state index contributed by atoms with van der Waals surface area (Å²) in [6.07, 6.45) is 6.51. The number of rotatable bonds is 2. The maximum atomic E-state index is 14.0. The molecule has 6 rings (SSSR count). The Labute approximate surface area is 193 Å². The second-order valence-electron chi connectivity index (χ2n) is 9.13. The second kappa shape index (κ2) is 7.44. The van der Waals surface area contributed by atoms with Crippen LogP contribution in [0.2, 0.25) is 0 Å². The maximum Gasteiger partial charge on any atom is 0.256 e. The molecule has 34 heavy (non-hydrogen) atoms. The van der Waals surface area contributed by atoms with Gasteiger partial charge in [0.25, 0.3) is 5.91 Å². The van der Waals surface area contributed by atoms with E-state index in [1.54, 1.807) is 24.3 Å². The molecule has 9 heteroatoms. The molecule has 0 unspecified atom stereocenters. The predicted octanol–water partition coefficient (Wildman–Crippen LogP) is 4.75. The van der Waals surface area contributed by atoms with Crippen LogP contribution < -0.4 is 0 Å². The molecule has 6 nitrogen and oxygen atoms in total. The lowest BCUT2D eigenvalue weighted by Gasteiger charge is -2.45. The largest absolute Gasteiger partial charge is 0.327 e. The summed E-state index contributed by atoms with van der Waals surface area (Å²) in [6, 6.07) is 5.44. The molecular weight excluding hydrogens is 443 g/mol. The highest BCUT2D eigenvalue weighted by Crippen LogP contribution is 2.45. The molecule has 0 saturated carbocycles. The van der Waals surface area contributed by atoms with Gasteiger partial charge in [0, 0.05) is 29.9 Å². The quantitative estimate of drug-likeness (QED) is 0.402. The topological polar surface area (TPSA) is 55.4 Å². The summed E-state index contributed by atoms with van der Waals surface area (Å²) >= 11 is 0. The predicted molar refractivity (Wildman–Crippen MR) is 119 cm³/mol. The third-order valence-electron chi connectivity index (χ3n) is 7.24. The van der Waals surface area contributed by atoms with Crippen molar-refractivity contribution in [2.24, 2.45) is 7.05 Å². The second-order valence-corrected chi connectivity index (χ2v) is 9.13. The van der Waals surface area contributed by atoms with E-state index in [9.17, 15) is 18.0 Å². The Morgan fingerprint density at radius 1 is 1.12 bits per heavy atom. The minimum absolute atomic E-state index is 0.0560. The number of pyridine rings is 1. The molecule has 3 aromatic heterocycles. The number of aromatic nitrogens is 4. The van der Waals surface area contributed by atoms with Gasteiger partial charge in [-0.15, -0.1) is 0 Å². The van der Waals surface area contributed by atoms with Crippen molar-refractivity contribution in [3.63, 3.8) is 0 Å². The van der Waals surface area contributed by atoms with E-state index in [0.29, 0.717) is 17.7 Å². The zero-order chi connectivity index (χ0) is 23.7. The van der Waals surface area contributed by atoms with Crippen molar-refractivity contribution in [2.75, 3.05) is 0 Å². The third kappa shape index (κ3) is 2.92. The summed E-state index contributed by atoms with van der Waals surface area (Å²) in [5.41, 5.74) is 4.78. The fourth-order valence-corrected chi connectivity index (χ4v) is 5.70. The Morgan fingerprint density at radius 2 is 1.88 bits per heavy atom. The number of imidazole rings is 1. The van der Waals surface area contributed by atoms with Gasteiger partial charge < -0.3 is 9.30 Å². The van der Waals surface area contributed by atoms with Crippen LogP contribution in [-0.2, 0) is 13.5 Å². The smallest absolute Gasteiger partial charge is 0.256 e. The lowest BCUT2D eigenvalue weighted by molar-refractivity contribution is 0.0390. The van der Waals surface area contributed by atoms with Gasteiger partial charge in [0.2, 0.25) is 0 Å². The van der Waals surface area contributed by atoms with Gasteiger partial charge in [-0.25, -0.2) is 18.2 Å². The molecule has 2 aliphatic rings. The zero-order valence-corrected chi connectivity index (χ0v) is 18.7. The molecular formula is C25H22F3N5O. The molecule has 0 aliphatic carbocycles. The van der Waals surface area contributed by atoms with Crippen molar-refractivity contribution in [1.82, 2.24) is 24.1 Å². The first kappa shape index (κ1) is 20.9. The molecule has 0 radical (unpaired) electrons. The van der Waals surface area contributed by atoms with E-state index in [-0.39, 0.29) is 23.6 Å². The van der Waals surface area contributed by atoms with Crippen molar-refractivity contribution in [2.45, 2.75) is 44.7 Å². The van der Waals surface area contributed by atoms with Crippen LogP contribution in [0.15, 0.2) is 36.8 Å². The van der Waals surface area contributed by atoms with Crippen LogP contribution in [0.1, 0.15) is 52.6 Å².